The Labute approximate surface area is 89.7 Å². The number of benzene rings is 1. The first-order valence-corrected chi connectivity index (χ1v) is 4.91. The largest absolute Gasteiger partial charge is 0.355 e. The maximum atomic E-state index is 11.0. The summed E-state index contributed by atoms with van der Waals surface area (Å²) in [4.78, 5) is 11.0. The maximum absolute atomic E-state index is 11.0. The molecule has 0 aliphatic heterocycles. The van der Waals surface area contributed by atoms with Crippen LogP contribution in [0.25, 0.3) is 0 Å². The molecule has 0 spiro atoms. The quantitative estimate of drug-likeness (QED) is 0.805. The van der Waals surface area contributed by atoms with Gasteiger partial charge < -0.3 is 5.32 Å². The SMILES string of the molecule is Cc1cccc(CCNC(=O)CC#N)c1. The van der Waals surface area contributed by atoms with E-state index in [1.54, 1.807) is 0 Å². The zero-order valence-corrected chi connectivity index (χ0v) is 8.79. The Morgan fingerprint density at radius 1 is 1.53 bits per heavy atom. The molecule has 0 fully saturated rings. The molecule has 3 heteroatoms. The molecule has 0 unspecified atom stereocenters. The number of carbonyl (C=O) groups excluding carboxylic acids is 1. The van der Waals surface area contributed by atoms with Gasteiger partial charge in [-0.15, -0.1) is 0 Å². The number of amides is 1. The molecule has 0 radical (unpaired) electrons. The molecule has 0 bridgehead atoms. The number of rotatable bonds is 4. The minimum absolute atomic E-state index is 0.0617. The summed E-state index contributed by atoms with van der Waals surface area (Å²) < 4.78 is 0. The average Bonchev–Trinajstić information content (AvgIpc) is 2.18. The summed E-state index contributed by atoms with van der Waals surface area (Å²) in [6, 6.07) is 9.98. The van der Waals surface area contributed by atoms with Gasteiger partial charge in [-0.2, -0.15) is 5.26 Å². The normalized spacial score (nSPS) is 9.33. The molecule has 15 heavy (non-hydrogen) atoms. The first-order valence-electron chi connectivity index (χ1n) is 4.91. The molecule has 0 aromatic heterocycles. The Morgan fingerprint density at radius 2 is 2.33 bits per heavy atom. The molecule has 3 nitrogen and oxygen atoms in total. The lowest BCUT2D eigenvalue weighted by Gasteiger charge is -2.03. The van der Waals surface area contributed by atoms with Crippen molar-refractivity contribution < 1.29 is 4.79 Å². The molecule has 0 aliphatic rings. The summed E-state index contributed by atoms with van der Waals surface area (Å²) in [5.74, 6) is -0.204. The van der Waals surface area contributed by atoms with Crippen LogP contribution < -0.4 is 5.32 Å². The van der Waals surface area contributed by atoms with Crippen molar-refractivity contribution in [3.05, 3.63) is 35.4 Å². The van der Waals surface area contributed by atoms with E-state index in [2.05, 4.69) is 11.4 Å². The van der Waals surface area contributed by atoms with Crippen molar-refractivity contribution in [3.63, 3.8) is 0 Å². The summed E-state index contributed by atoms with van der Waals surface area (Å²) in [5, 5.41) is 11.0. The van der Waals surface area contributed by atoms with E-state index in [-0.39, 0.29) is 12.3 Å². The topological polar surface area (TPSA) is 52.9 Å². The van der Waals surface area contributed by atoms with E-state index in [0.29, 0.717) is 6.54 Å². The van der Waals surface area contributed by atoms with Crippen molar-refractivity contribution in [2.24, 2.45) is 0 Å². The number of nitriles is 1. The molecule has 0 aliphatic carbocycles. The first kappa shape index (κ1) is 11.3. The predicted octanol–water partition coefficient (Wildman–Crippen LogP) is 1.57. The number of aryl methyl sites for hydroxylation is 1. The van der Waals surface area contributed by atoms with Crippen LogP contribution in [-0.2, 0) is 11.2 Å². The second kappa shape index (κ2) is 5.82. The number of nitrogens with one attached hydrogen (secondary N) is 1. The lowest BCUT2D eigenvalue weighted by atomic mass is 10.1. The molecule has 1 amide bonds. The Balaban J connectivity index is 2.32. The molecular formula is C12H14N2O. The van der Waals surface area contributed by atoms with Gasteiger partial charge in [-0.1, -0.05) is 29.8 Å². The van der Waals surface area contributed by atoms with Crippen LogP contribution in [0.2, 0.25) is 0 Å². The van der Waals surface area contributed by atoms with Gasteiger partial charge in [-0.3, -0.25) is 4.79 Å². The van der Waals surface area contributed by atoms with E-state index in [9.17, 15) is 4.79 Å². The van der Waals surface area contributed by atoms with Crippen LogP contribution in [0.4, 0.5) is 0 Å². The van der Waals surface area contributed by atoms with E-state index < -0.39 is 0 Å². The molecular weight excluding hydrogens is 188 g/mol. The highest BCUT2D eigenvalue weighted by Crippen LogP contribution is 2.03. The number of carbonyl (C=O) groups is 1. The summed E-state index contributed by atoms with van der Waals surface area (Å²) in [6.07, 6.45) is 0.743. The van der Waals surface area contributed by atoms with Crippen molar-refractivity contribution in [2.45, 2.75) is 19.8 Å². The Kier molecular flexibility index (Phi) is 4.36. The lowest BCUT2D eigenvalue weighted by Crippen LogP contribution is -2.24. The molecule has 1 N–H and O–H groups in total. The summed E-state index contributed by atoms with van der Waals surface area (Å²) in [6.45, 7) is 2.63. The highest BCUT2D eigenvalue weighted by atomic mass is 16.1. The number of nitrogens with zero attached hydrogens (tertiary/aromatic N) is 1. The summed E-state index contributed by atoms with van der Waals surface area (Å²) in [5.41, 5.74) is 2.42. The number of hydrogen-bond donors (Lipinski definition) is 1. The van der Waals surface area contributed by atoms with Crippen LogP contribution in [0, 0.1) is 18.3 Å². The molecule has 0 saturated heterocycles. The van der Waals surface area contributed by atoms with E-state index in [1.165, 1.54) is 11.1 Å². The van der Waals surface area contributed by atoms with Crippen molar-refractivity contribution >= 4 is 5.91 Å². The Hall–Kier alpha value is -1.82. The third-order valence-corrected chi connectivity index (χ3v) is 2.06. The van der Waals surface area contributed by atoms with Gasteiger partial charge in [0.1, 0.15) is 6.42 Å². The summed E-state index contributed by atoms with van der Waals surface area (Å²) in [7, 11) is 0. The second-order valence-electron chi connectivity index (χ2n) is 3.42. The molecule has 1 aromatic carbocycles. The fourth-order valence-corrected chi connectivity index (χ4v) is 1.35. The zero-order chi connectivity index (χ0) is 11.1. The number of hydrogen-bond acceptors (Lipinski definition) is 2. The van der Waals surface area contributed by atoms with Crippen molar-refractivity contribution in [2.75, 3.05) is 6.54 Å². The fourth-order valence-electron chi connectivity index (χ4n) is 1.35. The monoisotopic (exact) mass is 202 g/mol. The molecule has 0 saturated carbocycles. The lowest BCUT2D eigenvalue weighted by molar-refractivity contribution is -0.120. The highest BCUT2D eigenvalue weighted by Gasteiger charge is 1.98. The molecule has 0 atom stereocenters. The first-order chi connectivity index (χ1) is 7.22. The minimum atomic E-state index is -0.204. The molecule has 0 heterocycles. The van der Waals surface area contributed by atoms with Crippen molar-refractivity contribution in [1.82, 2.24) is 5.32 Å². The van der Waals surface area contributed by atoms with Gasteiger partial charge >= 0.3 is 0 Å². The van der Waals surface area contributed by atoms with E-state index in [4.69, 9.17) is 5.26 Å². The van der Waals surface area contributed by atoms with Crippen LogP contribution >= 0.6 is 0 Å². The van der Waals surface area contributed by atoms with Gasteiger partial charge in [-0.05, 0) is 18.9 Å². The third kappa shape index (κ3) is 4.28. The van der Waals surface area contributed by atoms with Crippen molar-refractivity contribution in [1.29, 1.82) is 5.26 Å². The van der Waals surface area contributed by atoms with E-state index in [0.717, 1.165) is 6.42 Å². The highest BCUT2D eigenvalue weighted by molar-refractivity contribution is 5.77. The molecule has 1 rings (SSSR count). The van der Waals surface area contributed by atoms with Gasteiger partial charge in [0.25, 0.3) is 0 Å². The maximum Gasteiger partial charge on any atom is 0.234 e. The smallest absolute Gasteiger partial charge is 0.234 e. The van der Waals surface area contributed by atoms with Crippen LogP contribution in [0.3, 0.4) is 0 Å². The average molecular weight is 202 g/mol. The van der Waals surface area contributed by atoms with Crippen LogP contribution in [0.15, 0.2) is 24.3 Å². The predicted molar refractivity (Wildman–Crippen MR) is 58.1 cm³/mol. The van der Waals surface area contributed by atoms with Crippen molar-refractivity contribution in [3.8, 4) is 6.07 Å². The van der Waals surface area contributed by atoms with Gasteiger partial charge in [0.15, 0.2) is 0 Å². The molecule has 1 aromatic rings. The van der Waals surface area contributed by atoms with Gasteiger partial charge in [0, 0.05) is 6.54 Å². The van der Waals surface area contributed by atoms with E-state index in [1.807, 2.05) is 31.2 Å². The molecule has 78 valence electrons. The van der Waals surface area contributed by atoms with Crippen LogP contribution in [0.5, 0.6) is 0 Å². The third-order valence-electron chi connectivity index (χ3n) is 2.06. The zero-order valence-electron chi connectivity index (χ0n) is 8.79. The van der Waals surface area contributed by atoms with Gasteiger partial charge in [-0.25, -0.2) is 0 Å². The van der Waals surface area contributed by atoms with E-state index >= 15 is 0 Å². The van der Waals surface area contributed by atoms with Gasteiger partial charge in [0.2, 0.25) is 5.91 Å². The summed E-state index contributed by atoms with van der Waals surface area (Å²) >= 11 is 0. The van der Waals surface area contributed by atoms with Gasteiger partial charge in [0.05, 0.1) is 6.07 Å². The Bertz CT molecular complexity index is 379. The van der Waals surface area contributed by atoms with Crippen LogP contribution in [-0.4, -0.2) is 12.5 Å². The second-order valence-corrected chi connectivity index (χ2v) is 3.42. The minimum Gasteiger partial charge on any atom is -0.355 e. The van der Waals surface area contributed by atoms with Crippen LogP contribution in [0.1, 0.15) is 17.5 Å². The fraction of sp³-hybridized carbons (Fsp3) is 0.333. The standard InChI is InChI=1S/C12H14N2O/c1-10-3-2-4-11(9-10)6-8-14-12(15)5-7-13/h2-4,9H,5-6,8H2,1H3,(H,14,15). The Morgan fingerprint density at radius 3 is 3.00 bits per heavy atom.